The predicted molar refractivity (Wildman–Crippen MR) is 122 cm³/mol. The molecule has 0 fully saturated rings. The molecule has 0 aliphatic heterocycles. The first-order valence-corrected chi connectivity index (χ1v) is 10.8. The lowest BCUT2D eigenvalue weighted by molar-refractivity contribution is -0.384. The van der Waals surface area contributed by atoms with E-state index < -0.39 is 10.9 Å². The van der Waals surface area contributed by atoms with E-state index >= 15 is 0 Å². The minimum absolute atomic E-state index is 0.0623. The van der Waals surface area contributed by atoms with Crippen LogP contribution >= 0.6 is 23.4 Å². The Hall–Kier alpha value is -3.36. The molecule has 164 valence electrons. The lowest BCUT2D eigenvalue weighted by atomic mass is 10.1. The maximum atomic E-state index is 11.9. The van der Waals surface area contributed by atoms with Crippen molar-refractivity contribution in [2.45, 2.75) is 22.8 Å². The Bertz CT molecular complexity index is 1110. The molecule has 32 heavy (non-hydrogen) atoms. The van der Waals surface area contributed by atoms with Gasteiger partial charge >= 0.3 is 5.97 Å². The highest BCUT2D eigenvalue weighted by atomic mass is 35.5. The van der Waals surface area contributed by atoms with E-state index in [1.165, 1.54) is 23.9 Å². The van der Waals surface area contributed by atoms with Gasteiger partial charge in [-0.05, 0) is 29.3 Å². The normalized spacial score (nSPS) is 10.4. The highest BCUT2D eigenvalue weighted by molar-refractivity contribution is 7.99. The van der Waals surface area contributed by atoms with E-state index in [0.29, 0.717) is 9.92 Å². The van der Waals surface area contributed by atoms with Gasteiger partial charge < -0.3 is 10.1 Å². The Morgan fingerprint density at radius 2 is 1.72 bits per heavy atom. The van der Waals surface area contributed by atoms with Crippen LogP contribution in [0.15, 0.2) is 82.6 Å². The third-order valence-electron chi connectivity index (χ3n) is 4.31. The highest BCUT2D eigenvalue weighted by Gasteiger charge is 2.11. The van der Waals surface area contributed by atoms with E-state index in [4.69, 9.17) is 16.3 Å². The number of benzene rings is 3. The number of nitro groups is 1. The number of carbonyl (C=O) groups excluding carboxylic acids is 2. The Morgan fingerprint density at radius 3 is 2.38 bits per heavy atom. The summed E-state index contributed by atoms with van der Waals surface area (Å²) in [7, 11) is 0. The molecule has 3 aromatic rings. The second kappa shape index (κ2) is 11.3. The summed E-state index contributed by atoms with van der Waals surface area (Å²) in [4.78, 5) is 35.7. The van der Waals surface area contributed by atoms with Gasteiger partial charge in [-0.25, -0.2) is 0 Å². The minimum atomic E-state index is -0.525. The van der Waals surface area contributed by atoms with Crippen LogP contribution in [0.2, 0.25) is 5.02 Å². The van der Waals surface area contributed by atoms with E-state index in [0.717, 1.165) is 16.0 Å². The minimum Gasteiger partial charge on any atom is -0.460 e. The number of hydrogen-bond acceptors (Lipinski definition) is 6. The molecule has 0 unspecified atom stereocenters. The van der Waals surface area contributed by atoms with Gasteiger partial charge in [0.2, 0.25) is 5.91 Å². The molecule has 0 saturated carbocycles. The van der Waals surface area contributed by atoms with Gasteiger partial charge in [0.15, 0.2) is 0 Å². The first-order valence-electron chi connectivity index (χ1n) is 9.57. The summed E-state index contributed by atoms with van der Waals surface area (Å²) in [6, 6.07) is 20.9. The standard InChI is InChI=1S/C23H19ClN2O5S/c24-20-13-18(26(29)30)8-11-21(20)32-19-9-6-17(7-10-19)15-31-23(28)14-25-22(27)12-16-4-2-1-3-5-16/h1-11,13H,12,14-15H2,(H,25,27). The average Bonchev–Trinajstić information content (AvgIpc) is 2.79. The largest absolute Gasteiger partial charge is 0.460 e. The lowest BCUT2D eigenvalue weighted by Gasteiger charge is -2.08. The molecular formula is C23H19ClN2O5S. The maximum absolute atomic E-state index is 11.9. The molecule has 1 N–H and O–H groups in total. The molecule has 0 aliphatic carbocycles. The lowest BCUT2D eigenvalue weighted by Crippen LogP contribution is -2.31. The topological polar surface area (TPSA) is 98.5 Å². The number of non-ortho nitro benzene ring substituents is 1. The predicted octanol–water partition coefficient (Wildman–Crippen LogP) is 4.80. The first-order chi connectivity index (χ1) is 15.4. The van der Waals surface area contributed by atoms with Crippen LogP contribution in [0.5, 0.6) is 0 Å². The van der Waals surface area contributed by atoms with Gasteiger partial charge in [-0.15, -0.1) is 0 Å². The second-order valence-corrected chi connectivity index (χ2v) is 8.24. The van der Waals surface area contributed by atoms with Gasteiger partial charge in [0.05, 0.1) is 16.4 Å². The molecule has 0 saturated heterocycles. The zero-order valence-corrected chi connectivity index (χ0v) is 18.4. The van der Waals surface area contributed by atoms with Crippen LogP contribution in [-0.2, 0) is 27.4 Å². The van der Waals surface area contributed by atoms with Crippen molar-refractivity contribution < 1.29 is 19.2 Å². The molecule has 1 amide bonds. The van der Waals surface area contributed by atoms with E-state index in [1.807, 2.05) is 54.6 Å². The molecular weight excluding hydrogens is 452 g/mol. The van der Waals surface area contributed by atoms with E-state index in [2.05, 4.69) is 5.32 Å². The van der Waals surface area contributed by atoms with Gasteiger partial charge in [0.1, 0.15) is 13.2 Å². The van der Waals surface area contributed by atoms with E-state index in [9.17, 15) is 19.7 Å². The Labute approximate surface area is 193 Å². The van der Waals surface area contributed by atoms with Gasteiger partial charge in [0.25, 0.3) is 5.69 Å². The van der Waals surface area contributed by atoms with Crippen LogP contribution < -0.4 is 5.32 Å². The average molecular weight is 471 g/mol. The van der Waals surface area contributed by atoms with Crippen LogP contribution in [0.3, 0.4) is 0 Å². The number of nitro benzene ring substituents is 1. The van der Waals surface area contributed by atoms with Crippen molar-refractivity contribution in [3.05, 3.63) is 99.1 Å². The van der Waals surface area contributed by atoms with Crippen molar-refractivity contribution in [2.24, 2.45) is 0 Å². The van der Waals surface area contributed by atoms with Crippen LogP contribution in [0.4, 0.5) is 5.69 Å². The molecule has 0 aromatic heterocycles. The zero-order chi connectivity index (χ0) is 22.9. The van der Waals surface area contributed by atoms with E-state index in [-0.39, 0.29) is 31.2 Å². The molecule has 0 heterocycles. The van der Waals surface area contributed by atoms with Crippen molar-refractivity contribution >= 4 is 40.9 Å². The molecule has 7 nitrogen and oxygen atoms in total. The summed E-state index contributed by atoms with van der Waals surface area (Å²) in [5, 5.41) is 13.7. The summed E-state index contributed by atoms with van der Waals surface area (Å²) in [6.07, 6.45) is 0.200. The van der Waals surface area contributed by atoms with Gasteiger partial charge in [-0.1, -0.05) is 65.8 Å². The number of nitrogens with one attached hydrogen (secondary N) is 1. The molecule has 3 aromatic carbocycles. The molecule has 0 spiro atoms. The molecule has 0 radical (unpaired) electrons. The quantitative estimate of drug-likeness (QED) is 0.274. The fourth-order valence-electron chi connectivity index (χ4n) is 2.70. The summed E-state index contributed by atoms with van der Waals surface area (Å²) in [5.41, 5.74) is 1.59. The number of amides is 1. The van der Waals surface area contributed by atoms with Crippen molar-refractivity contribution in [3.8, 4) is 0 Å². The number of nitrogens with zero attached hydrogens (tertiary/aromatic N) is 1. The number of rotatable bonds is 9. The van der Waals surface area contributed by atoms with Gasteiger partial charge in [-0.2, -0.15) is 0 Å². The number of carbonyl (C=O) groups is 2. The van der Waals surface area contributed by atoms with Gasteiger partial charge in [0, 0.05) is 21.9 Å². The fraction of sp³-hybridized carbons (Fsp3) is 0.130. The van der Waals surface area contributed by atoms with Gasteiger partial charge in [-0.3, -0.25) is 19.7 Å². The third-order valence-corrected chi connectivity index (χ3v) is 5.82. The van der Waals surface area contributed by atoms with Crippen LogP contribution in [-0.4, -0.2) is 23.3 Å². The number of esters is 1. The number of ether oxygens (including phenoxy) is 1. The highest BCUT2D eigenvalue weighted by Crippen LogP contribution is 2.35. The van der Waals surface area contributed by atoms with Crippen molar-refractivity contribution in [1.82, 2.24) is 5.32 Å². The molecule has 0 aliphatic rings. The third kappa shape index (κ3) is 7.11. The smallest absolute Gasteiger partial charge is 0.325 e. The summed E-state index contributed by atoms with van der Waals surface area (Å²) < 4.78 is 5.20. The van der Waals surface area contributed by atoms with Crippen molar-refractivity contribution in [1.29, 1.82) is 0 Å². The Morgan fingerprint density at radius 1 is 1.00 bits per heavy atom. The van der Waals surface area contributed by atoms with Crippen molar-refractivity contribution in [2.75, 3.05) is 6.54 Å². The van der Waals surface area contributed by atoms with E-state index in [1.54, 1.807) is 6.07 Å². The van der Waals surface area contributed by atoms with Crippen LogP contribution in [0.1, 0.15) is 11.1 Å². The summed E-state index contributed by atoms with van der Waals surface area (Å²) >= 11 is 7.49. The van der Waals surface area contributed by atoms with Crippen molar-refractivity contribution in [3.63, 3.8) is 0 Å². The first kappa shape index (κ1) is 23.3. The number of halogens is 1. The van der Waals surface area contributed by atoms with Crippen LogP contribution in [0.25, 0.3) is 0 Å². The molecule has 0 atom stereocenters. The fourth-order valence-corrected chi connectivity index (χ4v) is 3.81. The molecule has 9 heteroatoms. The Balaban J connectivity index is 1.44. The summed E-state index contributed by atoms with van der Waals surface area (Å²) in [6.45, 7) is -0.116. The number of hydrogen-bond donors (Lipinski definition) is 1. The Kier molecular flexibility index (Phi) is 8.24. The summed E-state index contributed by atoms with van der Waals surface area (Å²) in [5.74, 6) is -0.776. The SMILES string of the molecule is O=C(Cc1ccccc1)NCC(=O)OCc1ccc(Sc2ccc([N+](=O)[O-])cc2Cl)cc1. The maximum Gasteiger partial charge on any atom is 0.325 e. The second-order valence-electron chi connectivity index (χ2n) is 6.72. The molecule has 0 bridgehead atoms. The molecule has 3 rings (SSSR count). The van der Waals surface area contributed by atoms with Crippen LogP contribution in [0, 0.1) is 10.1 Å². The zero-order valence-electron chi connectivity index (χ0n) is 16.8. The monoisotopic (exact) mass is 470 g/mol.